The van der Waals surface area contributed by atoms with Crippen molar-refractivity contribution >= 4 is 40.5 Å². The summed E-state index contributed by atoms with van der Waals surface area (Å²) in [6.07, 6.45) is 0. The molecule has 1 aromatic carbocycles. The van der Waals surface area contributed by atoms with Crippen molar-refractivity contribution in [3.63, 3.8) is 0 Å². The molecule has 0 atom stereocenters. The zero-order valence-corrected chi connectivity index (χ0v) is 12.6. The number of carbonyl (C=O) groups is 1. The summed E-state index contributed by atoms with van der Waals surface area (Å²) in [6, 6.07) is 5.30. The van der Waals surface area contributed by atoms with Crippen LogP contribution in [0.2, 0.25) is 5.02 Å². The number of likely N-dealkylation sites (N-methyl/N-ethyl adjacent to an activating group) is 1. The highest BCUT2D eigenvalue weighted by Gasteiger charge is 2.14. The standard InChI is InChI=1S/C13H17ClN2O2S/c1-3-16(8-12(17)18-4-2)11-6-5-9(13(15)19)7-10(11)14/h5-7H,3-4,8H2,1-2H3,(H2,15,19). The van der Waals surface area contributed by atoms with Crippen LogP contribution >= 0.6 is 23.8 Å². The number of hydrogen-bond donors (Lipinski definition) is 1. The van der Waals surface area contributed by atoms with Gasteiger partial charge >= 0.3 is 5.97 Å². The number of rotatable bonds is 6. The molecule has 0 aromatic heterocycles. The Balaban J connectivity index is 2.92. The summed E-state index contributed by atoms with van der Waals surface area (Å²) in [5, 5.41) is 0.511. The molecule has 1 aromatic rings. The Morgan fingerprint density at radius 2 is 2.16 bits per heavy atom. The van der Waals surface area contributed by atoms with Crippen LogP contribution in [0.15, 0.2) is 18.2 Å². The molecule has 0 aliphatic heterocycles. The number of ether oxygens (including phenoxy) is 1. The second-order valence-electron chi connectivity index (χ2n) is 3.85. The Hall–Kier alpha value is -1.33. The molecule has 2 N–H and O–H groups in total. The summed E-state index contributed by atoms with van der Waals surface area (Å²) < 4.78 is 4.93. The lowest BCUT2D eigenvalue weighted by Crippen LogP contribution is -2.31. The average molecular weight is 301 g/mol. The average Bonchev–Trinajstić information content (AvgIpc) is 2.36. The number of esters is 1. The van der Waals surface area contributed by atoms with Gasteiger partial charge in [-0.1, -0.05) is 23.8 Å². The van der Waals surface area contributed by atoms with E-state index in [1.54, 1.807) is 25.1 Å². The minimum absolute atomic E-state index is 0.163. The second-order valence-corrected chi connectivity index (χ2v) is 4.70. The first-order valence-electron chi connectivity index (χ1n) is 5.99. The number of benzene rings is 1. The smallest absolute Gasteiger partial charge is 0.325 e. The van der Waals surface area contributed by atoms with Gasteiger partial charge in [0, 0.05) is 12.1 Å². The largest absolute Gasteiger partial charge is 0.465 e. The van der Waals surface area contributed by atoms with Crippen LogP contribution < -0.4 is 10.6 Å². The molecule has 0 bridgehead atoms. The number of anilines is 1. The molecule has 0 aliphatic carbocycles. The van der Waals surface area contributed by atoms with E-state index in [-0.39, 0.29) is 12.5 Å². The van der Waals surface area contributed by atoms with E-state index in [9.17, 15) is 4.79 Å². The molecule has 0 radical (unpaired) electrons. The van der Waals surface area contributed by atoms with Crippen molar-refractivity contribution in [3.05, 3.63) is 28.8 Å². The molecule has 0 saturated carbocycles. The molecule has 6 heteroatoms. The van der Waals surface area contributed by atoms with Gasteiger partial charge in [-0.3, -0.25) is 4.79 Å². The van der Waals surface area contributed by atoms with E-state index in [4.69, 9.17) is 34.3 Å². The van der Waals surface area contributed by atoms with Crippen LogP contribution in [0.5, 0.6) is 0 Å². The highest BCUT2D eigenvalue weighted by Crippen LogP contribution is 2.26. The second kappa shape index (κ2) is 7.31. The van der Waals surface area contributed by atoms with E-state index in [2.05, 4.69) is 0 Å². The van der Waals surface area contributed by atoms with Gasteiger partial charge < -0.3 is 15.4 Å². The molecule has 0 heterocycles. The molecule has 4 nitrogen and oxygen atoms in total. The van der Waals surface area contributed by atoms with Crippen molar-refractivity contribution in [1.29, 1.82) is 0 Å². The number of nitrogens with two attached hydrogens (primary N) is 1. The number of halogens is 1. The fraction of sp³-hybridized carbons (Fsp3) is 0.385. The lowest BCUT2D eigenvalue weighted by atomic mass is 10.2. The third-order valence-corrected chi connectivity index (χ3v) is 3.12. The minimum atomic E-state index is -0.279. The first-order valence-corrected chi connectivity index (χ1v) is 6.78. The zero-order chi connectivity index (χ0) is 14.4. The van der Waals surface area contributed by atoms with Crippen molar-refractivity contribution in [2.75, 3.05) is 24.6 Å². The normalized spacial score (nSPS) is 10.1. The van der Waals surface area contributed by atoms with E-state index >= 15 is 0 Å². The summed E-state index contributed by atoms with van der Waals surface area (Å²) in [6.45, 7) is 4.89. The maximum Gasteiger partial charge on any atom is 0.325 e. The predicted octanol–water partition coefficient (Wildman–Crippen LogP) is 2.36. The molecule has 0 spiro atoms. The van der Waals surface area contributed by atoms with Crippen molar-refractivity contribution in [1.82, 2.24) is 0 Å². The maximum absolute atomic E-state index is 11.5. The van der Waals surface area contributed by atoms with Crippen molar-refractivity contribution in [2.45, 2.75) is 13.8 Å². The number of nitrogens with zero attached hydrogens (tertiary/aromatic N) is 1. The van der Waals surface area contributed by atoms with Crippen molar-refractivity contribution in [2.24, 2.45) is 5.73 Å². The molecule has 1 rings (SSSR count). The Bertz CT molecular complexity index is 480. The van der Waals surface area contributed by atoms with Crippen molar-refractivity contribution in [3.8, 4) is 0 Å². The summed E-state index contributed by atoms with van der Waals surface area (Å²) in [5.41, 5.74) is 7.01. The highest BCUT2D eigenvalue weighted by molar-refractivity contribution is 7.80. The van der Waals surface area contributed by atoms with Crippen LogP contribution in [0.3, 0.4) is 0 Å². The van der Waals surface area contributed by atoms with Gasteiger partial charge in [-0.05, 0) is 32.0 Å². The van der Waals surface area contributed by atoms with Crippen LogP contribution in [0, 0.1) is 0 Å². The van der Waals surface area contributed by atoms with E-state index in [0.717, 1.165) is 5.69 Å². The Morgan fingerprint density at radius 1 is 1.47 bits per heavy atom. The Morgan fingerprint density at radius 3 is 2.63 bits per heavy atom. The van der Waals surface area contributed by atoms with Gasteiger partial charge in [-0.15, -0.1) is 0 Å². The minimum Gasteiger partial charge on any atom is -0.465 e. The Labute approximate surface area is 123 Å². The van der Waals surface area contributed by atoms with Gasteiger partial charge in [0.1, 0.15) is 11.5 Å². The molecule has 0 fully saturated rings. The van der Waals surface area contributed by atoms with Gasteiger partial charge in [0.15, 0.2) is 0 Å². The summed E-state index contributed by atoms with van der Waals surface area (Å²) in [4.78, 5) is 13.7. The van der Waals surface area contributed by atoms with Gasteiger partial charge in [-0.25, -0.2) is 0 Å². The highest BCUT2D eigenvalue weighted by atomic mass is 35.5. The lowest BCUT2D eigenvalue weighted by Gasteiger charge is -2.23. The maximum atomic E-state index is 11.5. The van der Waals surface area contributed by atoms with Crippen LogP contribution in [0.1, 0.15) is 19.4 Å². The third kappa shape index (κ3) is 4.36. The SMILES string of the molecule is CCOC(=O)CN(CC)c1ccc(C(N)=S)cc1Cl. The van der Waals surface area contributed by atoms with E-state index in [0.29, 0.717) is 28.7 Å². The number of hydrogen-bond acceptors (Lipinski definition) is 4. The Kier molecular flexibility index (Phi) is 6.05. The lowest BCUT2D eigenvalue weighted by molar-refractivity contribution is -0.141. The first kappa shape index (κ1) is 15.7. The fourth-order valence-corrected chi connectivity index (χ4v) is 2.07. The van der Waals surface area contributed by atoms with Crippen LogP contribution in [-0.2, 0) is 9.53 Å². The molecule has 0 aliphatic rings. The van der Waals surface area contributed by atoms with Crippen LogP contribution in [0.25, 0.3) is 0 Å². The quantitative estimate of drug-likeness (QED) is 0.646. The molecule has 0 unspecified atom stereocenters. The number of thiocarbonyl (C=S) groups is 1. The molecule has 19 heavy (non-hydrogen) atoms. The van der Waals surface area contributed by atoms with Gasteiger partial charge in [0.05, 0.1) is 17.3 Å². The van der Waals surface area contributed by atoms with Gasteiger partial charge in [0.25, 0.3) is 0 Å². The van der Waals surface area contributed by atoms with E-state index < -0.39 is 0 Å². The monoisotopic (exact) mass is 300 g/mol. The zero-order valence-electron chi connectivity index (χ0n) is 11.0. The third-order valence-electron chi connectivity index (χ3n) is 2.58. The summed E-state index contributed by atoms with van der Waals surface area (Å²) in [5.74, 6) is -0.279. The predicted molar refractivity (Wildman–Crippen MR) is 81.9 cm³/mol. The van der Waals surface area contributed by atoms with Crippen LogP contribution in [0.4, 0.5) is 5.69 Å². The first-order chi connectivity index (χ1) is 8.99. The topological polar surface area (TPSA) is 55.6 Å². The summed E-state index contributed by atoms with van der Waals surface area (Å²) >= 11 is 11.1. The number of carbonyl (C=O) groups excluding carboxylic acids is 1. The van der Waals surface area contributed by atoms with Gasteiger partial charge in [-0.2, -0.15) is 0 Å². The van der Waals surface area contributed by atoms with Crippen LogP contribution in [-0.4, -0.2) is 30.7 Å². The molecule has 0 saturated heterocycles. The van der Waals surface area contributed by atoms with E-state index in [1.807, 2.05) is 11.8 Å². The van der Waals surface area contributed by atoms with E-state index in [1.165, 1.54) is 0 Å². The fourth-order valence-electron chi connectivity index (χ4n) is 1.65. The molecular weight excluding hydrogens is 284 g/mol. The molecule has 104 valence electrons. The van der Waals surface area contributed by atoms with Gasteiger partial charge in [0.2, 0.25) is 0 Å². The molecule has 0 amide bonds. The van der Waals surface area contributed by atoms with Crippen molar-refractivity contribution < 1.29 is 9.53 Å². The molecular formula is C13H17ClN2O2S. The summed E-state index contributed by atoms with van der Waals surface area (Å²) in [7, 11) is 0.